The SMILES string of the molecule is C=C1CCc2cc(C(c3ccccc3C)n3ccnc3)cc3c2N1CC3. The molecule has 0 amide bonds. The normalized spacial score (nSPS) is 16.7. The van der Waals surface area contributed by atoms with Gasteiger partial charge in [0.1, 0.15) is 0 Å². The van der Waals surface area contributed by atoms with Crippen molar-refractivity contribution in [1.29, 1.82) is 0 Å². The highest BCUT2D eigenvalue weighted by Crippen LogP contribution is 2.42. The van der Waals surface area contributed by atoms with Gasteiger partial charge < -0.3 is 9.47 Å². The van der Waals surface area contributed by atoms with E-state index in [2.05, 4.69) is 70.5 Å². The van der Waals surface area contributed by atoms with Crippen molar-refractivity contribution in [2.75, 3.05) is 11.4 Å². The van der Waals surface area contributed by atoms with E-state index in [0.717, 1.165) is 25.8 Å². The molecule has 1 aromatic heterocycles. The molecule has 1 unspecified atom stereocenters. The van der Waals surface area contributed by atoms with E-state index in [-0.39, 0.29) is 6.04 Å². The third kappa shape index (κ3) is 2.31. The Labute approximate surface area is 154 Å². The summed E-state index contributed by atoms with van der Waals surface area (Å²) in [5.41, 5.74) is 9.66. The van der Waals surface area contributed by atoms with Gasteiger partial charge in [-0.25, -0.2) is 4.98 Å². The largest absolute Gasteiger partial charge is 0.345 e. The highest BCUT2D eigenvalue weighted by atomic mass is 15.2. The van der Waals surface area contributed by atoms with Crippen LogP contribution in [0.2, 0.25) is 0 Å². The van der Waals surface area contributed by atoms with Gasteiger partial charge in [0, 0.05) is 30.3 Å². The smallest absolute Gasteiger partial charge is 0.0954 e. The molecule has 3 nitrogen and oxygen atoms in total. The Morgan fingerprint density at radius 2 is 1.88 bits per heavy atom. The summed E-state index contributed by atoms with van der Waals surface area (Å²) in [7, 11) is 0. The van der Waals surface area contributed by atoms with Crippen LogP contribution in [0.4, 0.5) is 5.69 Å². The predicted octanol–water partition coefficient (Wildman–Crippen LogP) is 4.65. The van der Waals surface area contributed by atoms with Gasteiger partial charge in [-0.15, -0.1) is 0 Å². The van der Waals surface area contributed by atoms with E-state index in [4.69, 9.17) is 0 Å². The van der Waals surface area contributed by atoms with Crippen molar-refractivity contribution in [3.8, 4) is 0 Å². The number of aryl methyl sites for hydroxylation is 2. The third-order valence-corrected chi connectivity index (χ3v) is 5.85. The van der Waals surface area contributed by atoms with Crippen molar-refractivity contribution >= 4 is 5.69 Å². The van der Waals surface area contributed by atoms with Crippen molar-refractivity contribution in [1.82, 2.24) is 9.55 Å². The van der Waals surface area contributed by atoms with E-state index < -0.39 is 0 Å². The molecule has 0 radical (unpaired) electrons. The average molecular weight is 341 g/mol. The average Bonchev–Trinajstić information content (AvgIpc) is 3.31. The van der Waals surface area contributed by atoms with Crippen LogP contribution in [-0.2, 0) is 12.8 Å². The maximum absolute atomic E-state index is 4.32. The fourth-order valence-corrected chi connectivity index (χ4v) is 4.57. The van der Waals surface area contributed by atoms with Gasteiger partial charge in [0.05, 0.1) is 12.4 Å². The molecule has 5 rings (SSSR count). The van der Waals surface area contributed by atoms with Crippen molar-refractivity contribution in [3.63, 3.8) is 0 Å². The molecule has 2 aromatic carbocycles. The maximum Gasteiger partial charge on any atom is 0.0954 e. The van der Waals surface area contributed by atoms with Gasteiger partial charge in [-0.2, -0.15) is 0 Å². The molecule has 3 aromatic rings. The summed E-state index contributed by atoms with van der Waals surface area (Å²) in [6, 6.07) is 13.7. The lowest BCUT2D eigenvalue weighted by molar-refractivity contribution is 0.670. The highest BCUT2D eigenvalue weighted by molar-refractivity contribution is 5.70. The van der Waals surface area contributed by atoms with Gasteiger partial charge in [0.25, 0.3) is 0 Å². The van der Waals surface area contributed by atoms with E-state index in [1.54, 1.807) is 0 Å². The number of allylic oxidation sites excluding steroid dienone is 1. The molecule has 3 heterocycles. The number of benzene rings is 2. The van der Waals surface area contributed by atoms with Crippen LogP contribution in [0.1, 0.15) is 40.3 Å². The Morgan fingerprint density at radius 3 is 2.65 bits per heavy atom. The van der Waals surface area contributed by atoms with Crippen LogP contribution in [-0.4, -0.2) is 16.1 Å². The second kappa shape index (κ2) is 5.87. The number of imidazole rings is 1. The summed E-state index contributed by atoms with van der Waals surface area (Å²) >= 11 is 0. The van der Waals surface area contributed by atoms with Crippen molar-refractivity contribution in [2.24, 2.45) is 0 Å². The van der Waals surface area contributed by atoms with Gasteiger partial charge in [0.2, 0.25) is 0 Å². The van der Waals surface area contributed by atoms with Crippen LogP contribution in [0.3, 0.4) is 0 Å². The molecule has 0 saturated carbocycles. The molecule has 1 atom stereocenters. The Balaban J connectivity index is 1.70. The minimum Gasteiger partial charge on any atom is -0.345 e. The second-order valence-electron chi connectivity index (χ2n) is 7.42. The minimum atomic E-state index is 0.166. The monoisotopic (exact) mass is 341 g/mol. The van der Waals surface area contributed by atoms with Gasteiger partial charge >= 0.3 is 0 Å². The summed E-state index contributed by atoms with van der Waals surface area (Å²) in [5.74, 6) is 0. The predicted molar refractivity (Wildman–Crippen MR) is 106 cm³/mol. The lowest BCUT2D eigenvalue weighted by atomic mass is 9.89. The van der Waals surface area contributed by atoms with E-state index in [1.807, 2.05) is 12.5 Å². The summed E-state index contributed by atoms with van der Waals surface area (Å²) < 4.78 is 2.23. The summed E-state index contributed by atoms with van der Waals surface area (Å²) in [4.78, 5) is 6.74. The van der Waals surface area contributed by atoms with Gasteiger partial charge in [0.15, 0.2) is 0 Å². The van der Waals surface area contributed by atoms with Gasteiger partial charge in [-0.05, 0) is 54.0 Å². The fraction of sp³-hybridized carbons (Fsp3) is 0.261. The topological polar surface area (TPSA) is 21.1 Å². The molecule has 3 heteroatoms. The molecule has 0 aliphatic carbocycles. The van der Waals surface area contributed by atoms with Crippen molar-refractivity contribution < 1.29 is 0 Å². The molecule has 26 heavy (non-hydrogen) atoms. The molecule has 130 valence electrons. The molecule has 0 N–H and O–H groups in total. The first kappa shape index (κ1) is 15.4. The zero-order valence-electron chi connectivity index (χ0n) is 15.2. The number of hydrogen-bond acceptors (Lipinski definition) is 2. The van der Waals surface area contributed by atoms with Crippen molar-refractivity contribution in [2.45, 2.75) is 32.2 Å². The first-order valence-electron chi connectivity index (χ1n) is 9.36. The molecule has 0 spiro atoms. The lowest BCUT2D eigenvalue weighted by Crippen LogP contribution is -2.24. The molecule has 2 aliphatic rings. The van der Waals surface area contributed by atoms with Crippen molar-refractivity contribution in [3.05, 3.63) is 95.2 Å². The molecule has 0 saturated heterocycles. The Morgan fingerprint density at radius 1 is 1.08 bits per heavy atom. The molecule has 0 fully saturated rings. The minimum absolute atomic E-state index is 0.166. The molecule has 0 bridgehead atoms. The Hall–Kier alpha value is -2.81. The number of nitrogens with zero attached hydrogens (tertiary/aromatic N) is 3. The highest BCUT2D eigenvalue weighted by Gasteiger charge is 2.30. The Bertz CT molecular complexity index is 985. The summed E-state index contributed by atoms with van der Waals surface area (Å²) in [6.45, 7) is 7.54. The zero-order chi connectivity index (χ0) is 17.7. The first-order chi connectivity index (χ1) is 12.7. The zero-order valence-corrected chi connectivity index (χ0v) is 15.2. The van der Waals surface area contributed by atoms with Crippen LogP contribution >= 0.6 is 0 Å². The summed E-state index contributed by atoms with van der Waals surface area (Å²) in [5, 5.41) is 0. The van der Waals surface area contributed by atoms with E-state index in [0.29, 0.717) is 0 Å². The molecular weight excluding hydrogens is 318 g/mol. The van der Waals surface area contributed by atoms with E-state index in [1.165, 1.54) is 39.2 Å². The van der Waals surface area contributed by atoms with Crippen LogP contribution in [0.15, 0.2) is 67.4 Å². The lowest BCUT2D eigenvalue weighted by Gasteiger charge is -2.31. The standard InChI is InChI=1S/C23H23N3/c1-16-5-3-4-6-21(16)23(25-12-10-24-15-25)20-13-18-8-7-17(2)26-11-9-19(14-20)22(18)26/h3-6,10,12-15,23H,2,7-9,11H2,1H3. The summed E-state index contributed by atoms with van der Waals surface area (Å²) in [6.07, 6.45) is 9.15. The number of rotatable bonds is 3. The maximum atomic E-state index is 4.32. The molecular formula is C23H23N3. The second-order valence-corrected chi connectivity index (χ2v) is 7.42. The first-order valence-corrected chi connectivity index (χ1v) is 9.36. The van der Waals surface area contributed by atoms with Crippen LogP contribution < -0.4 is 4.90 Å². The molecule has 2 aliphatic heterocycles. The fourth-order valence-electron chi connectivity index (χ4n) is 4.57. The van der Waals surface area contributed by atoms with Gasteiger partial charge in [-0.3, -0.25) is 0 Å². The van der Waals surface area contributed by atoms with E-state index >= 15 is 0 Å². The van der Waals surface area contributed by atoms with E-state index in [9.17, 15) is 0 Å². The Kier molecular flexibility index (Phi) is 3.49. The third-order valence-electron chi connectivity index (χ3n) is 5.85. The van der Waals surface area contributed by atoms with Crippen LogP contribution in [0, 0.1) is 6.92 Å². The van der Waals surface area contributed by atoms with Gasteiger partial charge in [-0.1, -0.05) is 43.0 Å². The van der Waals surface area contributed by atoms with Crippen LogP contribution in [0.25, 0.3) is 0 Å². The number of anilines is 1. The van der Waals surface area contributed by atoms with Crippen LogP contribution in [0.5, 0.6) is 0 Å². The number of aromatic nitrogens is 2. The number of hydrogen-bond donors (Lipinski definition) is 0. The quantitative estimate of drug-likeness (QED) is 0.691.